The number of likely N-dealkylation sites (tertiary alicyclic amines) is 1. The number of fused-ring (bicyclic) bond motifs is 8. The van der Waals surface area contributed by atoms with E-state index >= 15 is 0 Å². The van der Waals surface area contributed by atoms with E-state index in [0.717, 1.165) is 53.8 Å². The van der Waals surface area contributed by atoms with E-state index in [0.29, 0.717) is 35.2 Å². The molecule has 48 heavy (non-hydrogen) atoms. The van der Waals surface area contributed by atoms with Gasteiger partial charge in [0, 0.05) is 31.6 Å². The Kier molecular flexibility index (Phi) is 8.70. The highest BCUT2D eigenvalue weighted by Crippen LogP contribution is 2.32. The van der Waals surface area contributed by atoms with Crippen LogP contribution >= 0.6 is 0 Å². The fourth-order valence-electron chi connectivity index (χ4n) is 6.54. The molecule has 1 aromatic heterocycles. The monoisotopic (exact) mass is 650 g/mol. The third-order valence-corrected chi connectivity index (χ3v) is 9.18. The number of methoxy groups -OCH3 is 1. The average Bonchev–Trinajstić information content (AvgIpc) is 3.61. The Labute approximate surface area is 278 Å². The number of benzene rings is 3. The lowest BCUT2D eigenvalue weighted by atomic mass is 9.97. The highest BCUT2D eigenvalue weighted by atomic mass is 16.5. The standard InChI is InChI=1S/C36H38N6O6/c1-22-10-12-25-17-27(22)24-7-6-8-26(16-24)47-21-33(43)37-18-23-11-13-29(30(15-23)46-2)48-31-20-41(19-28(31)38-35(25)44)36(45)34-40-39-32-9-4-3-5-14-42(32)34/h6-8,10-13,15-17,28,31H,3-5,9,14,18-21H2,1-2H3,(H,37,43)(H,38,44)/t28-,31-/m0/s1. The van der Waals surface area contributed by atoms with Crippen molar-refractivity contribution in [3.05, 3.63) is 89.0 Å². The second kappa shape index (κ2) is 13.4. The second-order valence-electron chi connectivity index (χ2n) is 12.5. The molecule has 8 rings (SSSR count). The fourth-order valence-corrected chi connectivity index (χ4v) is 6.54. The maximum atomic E-state index is 13.9. The van der Waals surface area contributed by atoms with Crippen LogP contribution in [0.1, 0.15) is 57.2 Å². The molecule has 4 aliphatic rings. The van der Waals surface area contributed by atoms with Crippen molar-refractivity contribution < 1.29 is 28.6 Å². The first-order chi connectivity index (χ1) is 23.4. The van der Waals surface area contributed by atoms with Crippen LogP contribution in [0.3, 0.4) is 0 Å². The van der Waals surface area contributed by atoms with E-state index in [1.54, 1.807) is 36.3 Å². The molecule has 248 valence electrons. The SMILES string of the molecule is COc1cc2ccc1O[C@H]1CN(C(=O)c3nnc4n3CCCCC4)C[C@@H]1NC(=O)c1ccc(C)c(c1)-c1cccc(c1)OCC(=O)NC2. The molecular weight excluding hydrogens is 612 g/mol. The van der Waals surface area contributed by atoms with Gasteiger partial charge in [-0.3, -0.25) is 14.4 Å². The van der Waals surface area contributed by atoms with E-state index in [4.69, 9.17) is 14.2 Å². The zero-order valence-corrected chi connectivity index (χ0v) is 27.0. The van der Waals surface area contributed by atoms with Crippen LogP contribution in [0.2, 0.25) is 0 Å². The van der Waals surface area contributed by atoms with Crippen LogP contribution in [0.4, 0.5) is 0 Å². The molecule has 0 radical (unpaired) electrons. The lowest BCUT2D eigenvalue weighted by molar-refractivity contribution is -0.123. The van der Waals surface area contributed by atoms with Gasteiger partial charge >= 0.3 is 0 Å². The molecule has 1 saturated heterocycles. The quantitative estimate of drug-likeness (QED) is 0.335. The lowest BCUT2D eigenvalue weighted by Gasteiger charge is -2.23. The van der Waals surface area contributed by atoms with Gasteiger partial charge in [0.05, 0.1) is 19.7 Å². The van der Waals surface area contributed by atoms with Gasteiger partial charge in [0.1, 0.15) is 17.7 Å². The Morgan fingerprint density at radius 2 is 1.88 bits per heavy atom. The minimum Gasteiger partial charge on any atom is -0.493 e. The highest BCUT2D eigenvalue weighted by Gasteiger charge is 2.40. The summed E-state index contributed by atoms with van der Waals surface area (Å²) in [6.45, 7) is 3.23. The molecule has 3 aromatic carbocycles. The Hall–Kier alpha value is -5.39. The van der Waals surface area contributed by atoms with Crippen molar-refractivity contribution in [3.63, 3.8) is 0 Å². The minimum absolute atomic E-state index is 0.154. The van der Waals surface area contributed by atoms with E-state index in [1.165, 1.54) is 0 Å². The molecule has 5 heterocycles. The van der Waals surface area contributed by atoms with Gasteiger partial charge in [-0.25, -0.2) is 0 Å². The van der Waals surface area contributed by atoms with Crippen molar-refractivity contribution in [1.29, 1.82) is 0 Å². The predicted octanol–water partition coefficient (Wildman–Crippen LogP) is 3.70. The number of aryl methyl sites for hydroxylation is 2. The third-order valence-electron chi connectivity index (χ3n) is 9.18. The summed E-state index contributed by atoms with van der Waals surface area (Å²) >= 11 is 0. The van der Waals surface area contributed by atoms with Crippen LogP contribution < -0.4 is 24.8 Å². The van der Waals surface area contributed by atoms with Crippen LogP contribution in [0.15, 0.2) is 60.7 Å². The Morgan fingerprint density at radius 1 is 0.979 bits per heavy atom. The van der Waals surface area contributed by atoms with Crippen molar-refractivity contribution in [2.75, 3.05) is 26.8 Å². The van der Waals surface area contributed by atoms with E-state index < -0.39 is 12.1 Å². The van der Waals surface area contributed by atoms with Gasteiger partial charge in [0.2, 0.25) is 5.82 Å². The number of nitrogens with one attached hydrogen (secondary N) is 2. The number of carbonyl (C=O) groups is 3. The summed E-state index contributed by atoms with van der Waals surface area (Å²) in [4.78, 5) is 42.1. The number of carbonyl (C=O) groups excluding carboxylic acids is 3. The molecule has 1 fully saturated rings. The maximum Gasteiger partial charge on any atom is 0.292 e. The number of hydrogen-bond donors (Lipinski definition) is 2. The van der Waals surface area contributed by atoms with E-state index in [-0.39, 0.29) is 44.0 Å². The summed E-state index contributed by atoms with van der Waals surface area (Å²) in [6.07, 6.45) is 3.27. The van der Waals surface area contributed by atoms with Crippen molar-refractivity contribution in [1.82, 2.24) is 30.3 Å². The molecule has 0 unspecified atom stereocenters. The van der Waals surface area contributed by atoms with Crippen LogP contribution in [-0.2, 0) is 24.3 Å². The number of rotatable bonds is 2. The number of ether oxygens (including phenoxy) is 3. The molecule has 2 N–H and O–H groups in total. The number of hydrogen-bond acceptors (Lipinski definition) is 8. The van der Waals surface area contributed by atoms with Crippen LogP contribution in [0.5, 0.6) is 17.2 Å². The molecule has 12 heteroatoms. The third kappa shape index (κ3) is 6.42. The van der Waals surface area contributed by atoms with E-state index in [2.05, 4.69) is 20.8 Å². The van der Waals surface area contributed by atoms with Crippen LogP contribution in [-0.4, -0.2) is 76.3 Å². The van der Waals surface area contributed by atoms with Gasteiger partial charge < -0.3 is 34.3 Å². The molecule has 4 aliphatic heterocycles. The molecule has 12 nitrogen and oxygen atoms in total. The predicted molar refractivity (Wildman–Crippen MR) is 176 cm³/mol. The summed E-state index contributed by atoms with van der Waals surface area (Å²) in [6, 6.07) is 17.8. The Balaban J connectivity index is 1.23. The first-order valence-electron chi connectivity index (χ1n) is 16.3. The summed E-state index contributed by atoms with van der Waals surface area (Å²) in [5.41, 5.74) is 3.96. The summed E-state index contributed by atoms with van der Waals surface area (Å²) in [5, 5.41) is 14.7. The van der Waals surface area contributed by atoms with Gasteiger partial charge in [0.25, 0.3) is 17.7 Å². The molecule has 3 amide bonds. The molecule has 2 atom stereocenters. The number of amides is 3. The van der Waals surface area contributed by atoms with Crippen molar-refractivity contribution in [2.45, 2.75) is 57.8 Å². The topological polar surface area (TPSA) is 137 Å². The van der Waals surface area contributed by atoms with Gasteiger partial charge in [-0.2, -0.15) is 0 Å². The summed E-state index contributed by atoms with van der Waals surface area (Å²) < 4.78 is 19.9. The number of aromatic nitrogens is 3. The first kappa shape index (κ1) is 31.2. The zero-order valence-electron chi connectivity index (χ0n) is 27.0. The normalized spacial score (nSPS) is 19.5. The van der Waals surface area contributed by atoms with E-state index in [1.807, 2.05) is 47.9 Å². The molecule has 4 aromatic rings. The largest absolute Gasteiger partial charge is 0.493 e. The maximum absolute atomic E-state index is 13.9. The lowest BCUT2D eigenvalue weighted by Crippen LogP contribution is -2.45. The Morgan fingerprint density at radius 3 is 2.75 bits per heavy atom. The molecular formula is C36H38N6O6. The highest BCUT2D eigenvalue weighted by molar-refractivity contribution is 5.96. The molecule has 6 bridgehead atoms. The summed E-state index contributed by atoms with van der Waals surface area (Å²) in [5.74, 6) is 1.79. The fraction of sp³-hybridized carbons (Fsp3) is 0.361. The van der Waals surface area contributed by atoms with Gasteiger partial charge in [-0.1, -0.05) is 30.7 Å². The minimum atomic E-state index is -0.590. The van der Waals surface area contributed by atoms with Crippen molar-refractivity contribution in [2.24, 2.45) is 0 Å². The Bertz CT molecular complexity index is 1870. The van der Waals surface area contributed by atoms with E-state index in [9.17, 15) is 14.4 Å². The first-order valence-corrected chi connectivity index (χ1v) is 16.3. The second-order valence-corrected chi connectivity index (χ2v) is 12.5. The number of nitrogens with zero attached hydrogens (tertiary/aromatic N) is 4. The average molecular weight is 651 g/mol. The van der Waals surface area contributed by atoms with Crippen molar-refractivity contribution in [3.8, 4) is 28.4 Å². The van der Waals surface area contributed by atoms with Crippen LogP contribution in [0.25, 0.3) is 11.1 Å². The molecule has 0 spiro atoms. The van der Waals surface area contributed by atoms with Crippen LogP contribution in [0, 0.1) is 6.92 Å². The smallest absolute Gasteiger partial charge is 0.292 e. The molecule has 0 saturated carbocycles. The van der Waals surface area contributed by atoms with Gasteiger partial charge in [0.15, 0.2) is 18.1 Å². The van der Waals surface area contributed by atoms with Gasteiger partial charge in [-0.05, 0) is 78.4 Å². The van der Waals surface area contributed by atoms with Crippen molar-refractivity contribution >= 4 is 17.7 Å². The molecule has 0 aliphatic carbocycles. The summed E-state index contributed by atoms with van der Waals surface area (Å²) in [7, 11) is 1.54. The zero-order chi connectivity index (χ0) is 33.2. The van der Waals surface area contributed by atoms with Gasteiger partial charge in [-0.15, -0.1) is 10.2 Å².